The van der Waals surface area contributed by atoms with Gasteiger partial charge in [-0.25, -0.2) is 0 Å². The predicted molar refractivity (Wildman–Crippen MR) is 65.5 cm³/mol. The highest BCUT2D eigenvalue weighted by molar-refractivity contribution is 9.11. The molecule has 14 heavy (non-hydrogen) atoms. The molecule has 0 unspecified atom stereocenters. The first kappa shape index (κ1) is 10.4. The third kappa shape index (κ3) is 2.08. The molecular formula is C9H4BrClOS2. The Labute approximate surface area is 102 Å². The average Bonchev–Trinajstić information content (AvgIpc) is 2.70. The minimum Gasteiger partial charge on any atom is -0.275 e. The van der Waals surface area contributed by atoms with Crippen LogP contribution in [0.1, 0.15) is 9.67 Å². The molecule has 0 aromatic carbocycles. The summed E-state index contributed by atoms with van der Waals surface area (Å²) in [5.41, 5.74) is 0. The van der Waals surface area contributed by atoms with Gasteiger partial charge in [0.15, 0.2) is 0 Å². The lowest BCUT2D eigenvalue weighted by atomic mass is 10.4. The van der Waals surface area contributed by atoms with Gasteiger partial charge in [0.2, 0.25) is 0 Å². The lowest BCUT2D eigenvalue weighted by Gasteiger charge is -1.87. The molecule has 0 saturated carbocycles. The Balaban J connectivity index is 2.38. The van der Waals surface area contributed by atoms with Gasteiger partial charge in [0.1, 0.15) is 0 Å². The van der Waals surface area contributed by atoms with Crippen molar-refractivity contribution in [2.75, 3.05) is 0 Å². The normalized spacial score (nSPS) is 10.4. The zero-order chi connectivity index (χ0) is 10.1. The maximum atomic E-state index is 10.9. The summed E-state index contributed by atoms with van der Waals surface area (Å²) in [5.74, 6) is 0. The zero-order valence-electron chi connectivity index (χ0n) is 6.79. The molecule has 0 atom stereocenters. The van der Waals surface area contributed by atoms with E-state index in [1.54, 1.807) is 17.4 Å². The van der Waals surface area contributed by atoms with Crippen molar-refractivity contribution in [1.29, 1.82) is 0 Å². The summed E-state index contributed by atoms with van der Waals surface area (Å²) < 4.78 is 1.08. The van der Waals surface area contributed by atoms with Crippen LogP contribution in [0.3, 0.4) is 0 Å². The quantitative estimate of drug-likeness (QED) is 0.740. The number of hydrogen-bond acceptors (Lipinski definition) is 3. The van der Waals surface area contributed by atoms with Gasteiger partial charge in [0.05, 0.1) is 8.66 Å². The van der Waals surface area contributed by atoms with Gasteiger partial charge in [-0.2, -0.15) is 0 Å². The molecule has 0 aliphatic rings. The number of hydrogen-bond donors (Lipinski definition) is 0. The van der Waals surface area contributed by atoms with E-state index in [4.69, 9.17) is 11.6 Å². The van der Waals surface area contributed by atoms with Crippen LogP contribution in [-0.4, -0.2) is 5.24 Å². The molecule has 0 aliphatic carbocycles. The van der Waals surface area contributed by atoms with Crippen molar-refractivity contribution in [3.8, 4) is 9.75 Å². The third-order valence-electron chi connectivity index (χ3n) is 1.62. The first-order valence-corrected chi connectivity index (χ1v) is 6.52. The summed E-state index contributed by atoms with van der Waals surface area (Å²) in [5, 5.41) is -0.392. The topological polar surface area (TPSA) is 17.1 Å². The molecule has 0 aliphatic heterocycles. The second-order valence-corrected chi connectivity index (χ2v) is 6.43. The second-order valence-electron chi connectivity index (χ2n) is 2.54. The van der Waals surface area contributed by atoms with Crippen LogP contribution in [0.5, 0.6) is 0 Å². The Morgan fingerprint density at radius 1 is 1.14 bits per heavy atom. The number of thiophene rings is 2. The van der Waals surface area contributed by atoms with Gasteiger partial charge < -0.3 is 0 Å². The standard InChI is InChI=1S/C9H4BrClOS2/c10-8-4-3-6(14-8)5-1-2-7(13-5)9(11)12/h1-4H. The van der Waals surface area contributed by atoms with Crippen molar-refractivity contribution >= 4 is 55.4 Å². The van der Waals surface area contributed by atoms with Crippen molar-refractivity contribution in [2.45, 2.75) is 0 Å². The molecule has 1 nitrogen and oxygen atoms in total. The third-order valence-corrected chi connectivity index (χ3v) is 4.83. The van der Waals surface area contributed by atoms with Gasteiger partial charge in [-0.1, -0.05) is 0 Å². The molecule has 0 fully saturated rings. The SMILES string of the molecule is O=C(Cl)c1ccc(-c2ccc(Br)s2)s1. The molecule has 72 valence electrons. The molecule has 2 heterocycles. The predicted octanol–water partition coefficient (Wildman–Crippen LogP) is 4.62. The van der Waals surface area contributed by atoms with E-state index in [1.807, 2.05) is 18.2 Å². The monoisotopic (exact) mass is 306 g/mol. The van der Waals surface area contributed by atoms with Crippen LogP contribution in [0.4, 0.5) is 0 Å². The molecule has 2 rings (SSSR count). The fraction of sp³-hybridized carbons (Fsp3) is 0. The first-order chi connectivity index (χ1) is 6.66. The molecule has 0 bridgehead atoms. The van der Waals surface area contributed by atoms with Crippen LogP contribution in [0.2, 0.25) is 0 Å². The minimum absolute atomic E-state index is 0.392. The smallest absolute Gasteiger partial charge is 0.262 e. The largest absolute Gasteiger partial charge is 0.275 e. The van der Waals surface area contributed by atoms with E-state index in [9.17, 15) is 4.79 Å². The molecule has 0 amide bonds. The second kappa shape index (κ2) is 4.14. The van der Waals surface area contributed by atoms with E-state index in [2.05, 4.69) is 15.9 Å². The lowest BCUT2D eigenvalue weighted by molar-refractivity contribution is 0.108. The van der Waals surface area contributed by atoms with Gasteiger partial charge in [-0.3, -0.25) is 4.79 Å². The van der Waals surface area contributed by atoms with E-state index in [-0.39, 0.29) is 0 Å². The van der Waals surface area contributed by atoms with Crippen LogP contribution in [0.25, 0.3) is 9.75 Å². The molecular weight excluding hydrogens is 304 g/mol. The van der Waals surface area contributed by atoms with Crippen molar-refractivity contribution in [1.82, 2.24) is 0 Å². The fourth-order valence-electron chi connectivity index (χ4n) is 1.02. The fourth-order valence-corrected chi connectivity index (χ4v) is 3.52. The molecule has 2 aromatic rings. The van der Waals surface area contributed by atoms with E-state index >= 15 is 0 Å². The van der Waals surface area contributed by atoms with E-state index in [0.29, 0.717) is 4.88 Å². The number of carbonyl (C=O) groups excluding carboxylic acids is 1. The Morgan fingerprint density at radius 2 is 1.79 bits per heavy atom. The Bertz CT molecular complexity index is 475. The highest BCUT2D eigenvalue weighted by atomic mass is 79.9. The molecule has 2 aromatic heterocycles. The Kier molecular flexibility index (Phi) is 3.07. The number of carbonyl (C=O) groups is 1. The van der Waals surface area contributed by atoms with E-state index in [0.717, 1.165) is 13.5 Å². The number of rotatable bonds is 2. The molecule has 5 heteroatoms. The van der Waals surface area contributed by atoms with Crippen LogP contribution >= 0.6 is 50.2 Å². The van der Waals surface area contributed by atoms with Crippen LogP contribution < -0.4 is 0 Å². The zero-order valence-corrected chi connectivity index (χ0v) is 10.8. The summed E-state index contributed by atoms with van der Waals surface area (Å²) >= 11 is 11.8. The van der Waals surface area contributed by atoms with Gasteiger partial charge in [0.25, 0.3) is 5.24 Å². The van der Waals surface area contributed by atoms with Crippen molar-refractivity contribution < 1.29 is 4.79 Å². The van der Waals surface area contributed by atoms with E-state index in [1.165, 1.54) is 11.3 Å². The first-order valence-electron chi connectivity index (χ1n) is 3.72. The maximum Gasteiger partial charge on any atom is 0.262 e. The van der Waals surface area contributed by atoms with Crippen molar-refractivity contribution in [3.63, 3.8) is 0 Å². The summed E-state index contributed by atoms with van der Waals surface area (Å²) in [7, 11) is 0. The highest BCUT2D eigenvalue weighted by Gasteiger charge is 2.08. The van der Waals surface area contributed by atoms with Gasteiger partial charge in [-0.05, 0) is 51.8 Å². The van der Waals surface area contributed by atoms with Crippen LogP contribution in [-0.2, 0) is 0 Å². The summed E-state index contributed by atoms with van der Waals surface area (Å²) in [6.07, 6.45) is 0. The molecule has 0 N–H and O–H groups in total. The summed E-state index contributed by atoms with van der Waals surface area (Å²) in [6, 6.07) is 7.67. The van der Waals surface area contributed by atoms with Crippen molar-refractivity contribution in [2.24, 2.45) is 0 Å². The molecule has 0 saturated heterocycles. The molecule has 0 spiro atoms. The van der Waals surface area contributed by atoms with Gasteiger partial charge in [-0.15, -0.1) is 22.7 Å². The van der Waals surface area contributed by atoms with Crippen LogP contribution in [0.15, 0.2) is 28.1 Å². The summed E-state index contributed by atoms with van der Waals surface area (Å²) in [6.45, 7) is 0. The maximum absolute atomic E-state index is 10.9. The minimum atomic E-state index is -0.392. The lowest BCUT2D eigenvalue weighted by Crippen LogP contribution is -1.78. The van der Waals surface area contributed by atoms with Gasteiger partial charge in [0, 0.05) is 9.75 Å². The highest BCUT2D eigenvalue weighted by Crippen LogP contribution is 2.35. The van der Waals surface area contributed by atoms with Crippen molar-refractivity contribution in [3.05, 3.63) is 32.9 Å². The van der Waals surface area contributed by atoms with Crippen LogP contribution in [0, 0.1) is 0 Å². The van der Waals surface area contributed by atoms with E-state index < -0.39 is 5.24 Å². The Hall–Kier alpha value is -0.160. The number of halogens is 2. The van der Waals surface area contributed by atoms with Gasteiger partial charge >= 0.3 is 0 Å². The average molecular weight is 308 g/mol. The molecule has 0 radical (unpaired) electrons. The summed E-state index contributed by atoms with van der Waals surface area (Å²) in [4.78, 5) is 13.7. The Morgan fingerprint density at radius 3 is 2.29 bits per heavy atom.